The van der Waals surface area contributed by atoms with E-state index in [1.807, 2.05) is 136 Å². The first-order chi connectivity index (χ1) is 32.2. The smallest absolute Gasteiger partial charge is 0.253 e. The zero-order valence-electron chi connectivity index (χ0n) is 42.5. The zero-order chi connectivity index (χ0) is 49.8. The summed E-state index contributed by atoms with van der Waals surface area (Å²) in [4.78, 5) is 92.2. The van der Waals surface area contributed by atoms with E-state index in [9.17, 15) is 28.8 Å². The van der Waals surface area contributed by atoms with Gasteiger partial charge in [0.05, 0.1) is 6.04 Å². The number of carbonyl (C=O) groups is 6. The van der Waals surface area contributed by atoms with Crippen LogP contribution in [0.15, 0.2) is 84.9 Å². The highest BCUT2D eigenvalue weighted by Gasteiger charge is 2.43. The number of nitrogens with one attached hydrogen (secondary N) is 3. The number of likely N-dealkylation sites (tertiary alicyclic amines) is 2. The van der Waals surface area contributed by atoms with Crippen LogP contribution in [-0.4, -0.2) is 132 Å². The van der Waals surface area contributed by atoms with Gasteiger partial charge in [-0.25, -0.2) is 0 Å². The highest BCUT2D eigenvalue weighted by molar-refractivity contribution is 6.00. The number of hydrogen-bond acceptors (Lipinski definition) is 7. The molecule has 3 aromatic rings. The molecule has 0 aliphatic carbocycles. The van der Waals surface area contributed by atoms with Crippen molar-refractivity contribution in [3.63, 3.8) is 0 Å². The molecule has 0 spiro atoms. The molecular weight excluding hydrogens is 855 g/mol. The molecule has 68 heavy (non-hydrogen) atoms. The van der Waals surface area contributed by atoms with Crippen molar-refractivity contribution in [1.82, 2.24) is 35.6 Å². The summed E-state index contributed by atoms with van der Waals surface area (Å²) >= 11 is 0. The number of amides is 6. The molecule has 13 nitrogen and oxygen atoms in total. The maximum absolute atomic E-state index is 14.9. The van der Waals surface area contributed by atoms with E-state index in [1.165, 1.54) is 0 Å². The summed E-state index contributed by atoms with van der Waals surface area (Å²) in [5, 5.41) is 9.03. The lowest BCUT2D eigenvalue weighted by Crippen LogP contribution is -2.59. The lowest BCUT2D eigenvalue weighted by Gasteiger charge is -2.38. The highest BCUT2D eigenvalue weighted by atomic mass is 16.2. The van der Waals surface area contributed by atoms with Gasteiger partial charge in [-0.05, 0) is 99.1 Å². The van der Waals surface area contributed by atoms with Crippen molar-refractivity contribution in [1.29, 1.82) is 0 Å². The first kappa shape index (κ1) is 53.4. The molecule has 2 fully saturated rings. The molecule has 0 radical (unpaired) electrons. The average Bonchev–Trinajstić information content (AvgIpc) is 4.00. The van der Waals surface area contributed by atoms with Crippen molar-refractivity contribution in [3.05, 3.63) is 107 Å². The summed E-state index contributed by atoms with van der Waals surface area (Å²) in [6.45, 7) is 19.7. The lowest BCUT2D eigenvalue weighted by molar-refractivity contribution is -0.141. The molecule has 6 amide bonds. The molecule has 13 heteroatoms. The third-order valence-electron chi connectivity index (χ3n) is 13.8. The Labute approximate surface area is 406 Å². The molecule has 3 N–H and O–H groups in total. The zero-order valence-corrected chi connectivity index (χ0v) is 42.5. The second kappa shape index (κ2) is 24.1. The maximum atomic E-state index is 14.9. The van der Waals surface area contributed by atoms with E-state index in [0.29, 0.717) is 76.0 Å². The molecule has 2 aliphatic rings. The van der Waals surface area contributed by atoms with Crippen LogP contribution < -0.4 is 16.0 Å². The molecule has 0 unspecified atom stereocenters. The van der Waals surface area contributed by atoms with Gasteiger partial charge in [0.15, 0.2) is 0 Å². The van der Waals surface area contributed by atoms with Crippen LogP contribution in [0.3, 0.4) is 0 Å². The lowest BCUT2D eigenvalue weighted by atomic mass is 9.85. The summed E-state index contributed by atoms with van der Waals surface area (Å²) in [5.41, 5.74) is 1.78. The Morgan fingerprint density at radius 1 is 0.618 bits per heavy atom. The van der Waals surface area contributed by atoms with Crippen LogP contribution in [-0.2, 0) is 32.0 Å². The minimum absolute atomic E-state index is 0.139. The summed E-state index contributed by atoms with van der Waals surface area (Å²) in [5.74, 6) is -1.41. The number of likely N-dealkylation sites (N-methyl/N-ethyl adjacent to an activating group) is 1. The van der Waals surface area contributed by atoms with Gasteiger partial charge in [-0.3, -0.25) is 28.8 Å². The number of hydrogen-bond donors (Lipinski definition) is 3. The van der Waals surface area contributed by atoms with Gasteiger partial charge in [0.25, 0.3) is 11.8 Å². The number of benzene rings is 3. The molecule has 3 aromatic carbocycles. The van der Waals surface area contributed by atoms with Gasteiger partial charge in [-0.15, -0.1) is 0 Å². The molecule has 0 bridgehead atoms. The number of rotatable bonds is 20. The topological polar surface area (TPSA) is 151 Å². The van der Waals surface area contributed by atoms with Gasteiger partial charge in [-0.2, -0.15) is 0 Å². The van der Waals surface area contributed by atoms with Gasteiger partial charge >= 0.3 is 0 Å². The van der Waals surface area contributed by atoms with Crippen LogP contribution in [0, 0.1) is 16.7 Å². The largest absolute Gasteiger partial charge is 0.344 e. The van der Waals surface area contributed by atoms with Gasteiger partial charge in [0.2, 0.25) is 23.6 Å². The molecule has 2 heterocycles. The average molecular weight is 934 g/mol. The molecule has 2 saturated heterocycles. The number of carbonyl (C=O) groups excluding carboxylic acids is 6. The van der Waals surface area contributed by atoms with Gasteiger partial charge in [0, 0.05) is 68.4 Å². The third-order valence-corrected chi connectivity index (χ3v) is 13.8. The fourth-order valence-corrected chi connectivity index (χ4v) is 9.16. The predicted octanol–water partition coefficient (Wildman–Crippen LogP) is 6.75. The Kier molecular flexibility index (Phi) is 18.9. The van der Waals surface area contributed by atoms with E-state index in [1.54, 1.807) is 38.2 Å². The second-order valence-electron chi connectivity index (χ2n) is 21.1. The Balaban J connectivity index is 1.42. The first-order valence-corrected chi connectivity index (χ1v) is 24.9. The van der Waals surface area contributed by atoms with Crippen molar-refractivity contribution in [2.45, 2.75) is 137 Å². The van der Waals surface area contributed by atoms with Crippen molar-refractivity contribution >= 4 is 35.4 Å². The monoisotopic (exact) mass is 934 g/mol. The Hall–Kier alpha value is -5.56. The molecular formula is C55H79N7O6. The van der Waals surface area contributed by atoms with Gasteiger partial charge in [0.1, 0.15) is 12.1 Å². The quantitative estimate of drug-likeness (QED) is 0.113. The standard InChI is InChI=1S/C55H79N7O6/c1-11-38(2)48(63)57-46(54(4,5)6)52(67)61-31-19-27-44(61)36-59(33-29-40-21-14-12-15-22-40)50(65)42-25-18-26-43(35-42)51(66)60(34-30-41-23-16-13-17-24-41)37-45-28-20-32-62(45)53(68)47(55(7,8)9)58-49(64)39(3)56-10/h12-18,21-26,35,38-39,44-47,56H,11,19-20,27-34,36-37H2,1-10H3,(H,57,63)(H,58,64)/t38-,39+,44+,45+,46-,47-/m1/s1. The minimum atomic E-state index is -0.766. The highest BCUT2D eigenvalue weighted by Crippen LogP contribution is 2.29. The second-order valence-corrected chi connectivity index (χ2v) is 21.1. The molecule has 0 saturated carbocycles. The van der Waals surface area contributed by atoms with E-state index < -0.39 is 29.0 Å². The summed E-state index contributed by atoms with van der Waals surface area (Å²) in [6, 6.07) is 24.4. The van der Waals surface area contributed by atoms with Crippen LogP contribution >= 0.6 is 0 Å². The normalized spacial score (nSPS) is 18.0. The minimum Gasteiger partial charge on any atom is -0.344 e. The van der Waals surface area contributed by atoms with Crippen LogP contribution in [0.2, 0.25) is 0 Å². The van der Waals surface area contributed by atoms with Crippen molar-refractivity contribution in [2.75, 3.05) is 46.3 Å². The fourth-order valence-electron chi connectivity index (χ4n) is 9.16. The summed E-state index contributed by atoms with van der Waals surface area (Å²) in [7, 11) is 1.71. The number of nitrogens with zero attached hydrogens (tertiary/aromatic N) is 4. The maximum Gasteiger partial charge on any atom is 0.253 e. The van der Waals surface area contributed by atoms with E-state index >= 15 is 0 Å². The Morgan fingerprint density at radius 3 is 1.41 bits per heavy atom. The van der Waals surface area contributed by atoms with Gasteiger partial charge < -0.3 is 35.6 Å². The van der Waals surface area contributed by atoms with E-state index in [-0.39, 0.29) is 60.0 Å². The Bertz CT molecular complexity index is 2020. The van der Waals surface area contributed by atoms with Crippen molar-refractivity contribution < 1.29 is 28.8 Å². The molecule has 370 valence electrons. The summed E-state index contributed by atoms with van der Waals surface area (Å²) < 4.78 is 0. The third kappa shape index (κ3) is 14.2. The van der Waals surface area contributed by atoms with E-state index in [4.69, 9.17) is 0 Å². The summed E-state index contributed by atoms with van der Waals surface area (Å²) in [6.07, 6.45) is 4.82. The predicted molar refractivity (Wildman–Crippen MR) is 269 cm³/mol. The fraction of sp³-hybridized carbons (Fsp3) is 0.564. The molecule has 6 atom stereocenters. The first-order valence-electron chi connectivity index (χ1n) is 24.9. The van der Waals surface area contributed by atoms with Crippen LogP contribution in [0.1, 0.15) is 126 Å². The van der Waals surface area contributed by atoms with Crippen LogP contribution in [0.5, 0.6) is 0 Å². The Morgan fingerprint density at radius 2 is 1.03 bits per heavy atom. The van der Waals surface area contributed by atoms with Crippen molar-refractivity contribution in [3.8, 4) is 0 Å². The SMILES string of the molecule is CC[C@@H](C)C(=O)N[C@H](C(=O)N1CCC[C@H]1CN(CCc1ccccc1)C(=O)c1cccc(C(=O)N(CCc2ccccc2)C[C@@H]2CCCN2C(=O)[C@@H](NC(=O)[C@H](C)NC)C(C)(C)C)c1)C(C)(C)C. The van der Waals surface area contributed by atoms with Crippen LogP contribution in [0.25, 0.3) is 0 Å². The molecule has 0 aromatic heterocycles. The van der Waals surface area contributed by atoms with Crippen LogP contribution in [0.4, 0.5) is 0 Å². The van der Waals surface area contributed by atoms with Crippen molar-refractivity contribution in [2.24, 2.45) is 16.7 Å². The van der Waals surface area contributed by atoms with E-state index in [2.05, 4.69) is 16.0 Å². The van der Waals surface area contributed by atoms with E-state index in [0.717, 1.165) is 24.0 Å². The van der Waals surface area contributed by atoms with Gasteiger partial charge in [-0.1, -0.05) is 122 Å². The molecule has 5 rings (SSSR count). The molecule has 2 aliphatic heterocycles.